The third kappa shape index (κ3) is 5.66. The van der Waals surface area contributed by atoms with Gasteiger partial charge in [-0.25, -0.2) is 0 Å². The van der Waals surface area contributed by atoms with Crippen molar-refractivity contribution < 1.29 is 14.3 Å². The molecule has 0 heterocycles. The molecule has 0 atom stereocenters. The van der Waals surface area contributed by atoms with Crippen molar-refractivity contribution in [1.29, 1.82) is 0 Å². The molecule has 0 aliphatic heterocycles. The quantitative estimate of drug-likeness (QED) is 0.838. The molecule has 1 N–H and O–H groups in total. The summed E-state index contributed by atoms with van der Waals surface area (Å²) in [5, 5.41) is 2.90. The Hall–Kier alpha value is -2.49. The summed E-state index contributed by atoms with van der Waals surface area (Å²) >= 11 is 0. The molecule has 23 heavy (non-hydrogen) atoms. The van der Waals surface area contributed by atoms with Crippen LogP contribution >= 0.6 is 0 Å². The topological polar surface area (TPSA) is 47.6 Å². The first-order valence-electron chi connectivity index (χ1n) is 7.76. The van der Waals surface area contributed by atoms with Gasteiger partial charge >= 0.3 is 0 Å². The summed E-state index contributed by atoms with van der Waals surface area (Å²) in [5.41, 5.74) is 1.89. The zero-order valence-electron chi connectivity index (χ0n) is 13.8. The van der Waals surface area contributed by atoms with Crippen molar-refractivity contribution in [3.63, 3.8) is 0 Å². The molecule has 122 valence electrons. The molecule has 2 aromatic carbocycles. The van der Waals surface area contributed by atoms with Gasteiger partial charge in [0.05, 0.1) is 13.2 Å². The maximum absolute atomic E-state index is 12.0. The van der Waals surface area contributed by atoms with Gasteiger partial charge in [0.2, 0.25) is 5.91 Å². The second-order valence-corrected chi connectivity index (χ2v) is 5.59. The fourth-order valence-corrected chi connectivity index (χ4v) is 2.16. The van der Waals surface area contributed by atoms with E-state index in [0.29, 0.717) is 12.8 Å². The fraction of sp³-hybridized carbons (Fsp3) is 0.316. The molecule has 2 aromatic rings. The van der Waals surface area contributed by atoms with Gasteiger partial charge in [-0.2, -0.15) is 0 Å². The predicted molar refractivity (Wildman–Crippen MR) is 92.2 cm³/mol. The van der Waals surface area contributed by atoms with E-state index in [-0.39, 0.29) is 12.0 Å². The average Bonchev–Trinajstić information content (AvgIpc) is 2.55. The van der Waals surface area contributed by atoms with Crippen molar-refractivity contribution in [2.75, 3.05) is 12.4 Å². The van der Waals surface area contributed by atoms with Crippen LogP contribution in [0, 0.1) is 0 Å². The van der Waals surface area contributed by atoms with Crippen molar-refractivity contribution in [3.05, 3.63) is 54.1 Å². The number of hydrogen-bond acceptors (Lipinski definition) is 3. The van der Waals surface area contributed by atoms with Gasteiger partial charge in [0, 0.05) is 12.1 Å². The lowest BCUT2D eigenvalue weighted by molar-refractivity contribution is -0.116. The molecule has 4 heteroatoms. The van der Waals surface area contributed by atoms with Crippen LogP contribution < -0.4 is 14.8 Å². The second-order valence-electron chi connectivity index (χ2n) is 5.59. The monoisotopic (exact) mass is 313 g/mol. The van der Waals surface area contributed by atoms with Gasteiger partial charge in [-0.15, -0.1) is 0 Å². The summed E-state index contributed by atoms with van der Waals surface area (Å²) < 4.78 is 10.7. The number of ether oxygens (including phenoxy) is 2. The lowest BCUT2D eigenvalue weighted by Crippen LogP contribution is -2.12. The lowest BCUT2D eigenvalue weighted by atomic mass is 10.1. The maximum Gasteiger partial charge on any atom is 0.224 e. The van der Waals surface area contributed by atoms with Gasteiger partial charge < -0.3 is 14.8 Å². The van der Waals surface area contributed by atoms with Crippen molar-refractivity contribution in [2.45, 2.75) is 32.8 Å². The normalized spacial score (nSPS) is 10.4. The van der Waals surface area contributed by atoms with Crippen LogP contribution in [0.5, 0.6) is 11.5 Å². The van der Waals surface area contributed by atoms with Crippen LogP contribution in [0.3, 0.4) is 0 Å². The van der Waals surface area contributed by atoms with Crippen LogP contribution in [0.15, 0.2) is 48.5 Å². The summed E-state index contributed by atoms with van der Waals surface area (Å²) in [5.74, 6) is 1.62. The maximum atomic E-state index is 12.0. The number of anilines is 1. The van der Waals surface area contributed by atoms with Gasteiger partial charge in [-0.3, -0.25) is 4.79 Å². The number of rotatable bonds is 7. The Morgan fingerprint density at radius 3 is 2.17 bits per heavy atom. The number of aryl methyl sites for hydroxylation is 1. The number of benzene rings is 2. The Morgan fingerprint density at radius 2 is 1.61 bits per heavy atom. The Kier molecular flexibility index (Phi) is 6.03. The Bertz CT molecular complexity index is 618. The first-order chi connectivity index (χ1) is 11.1. The summed E-state index contributed by atoms with van der Waals surface area (Å²) in [7, 11) is 1.64. The summed E-state index contributed by atoms with van der Waals surface area (Å²) in [6.07, 6.45) is 1.28. The van der Waals surface area contributed by atoms with E-state index in [0.717, 1.165) is 22.7 Å². The average molecular weight is 313 g/mol. The van der Waals surface area contributed by atoms with Gasteiger partial charge in [-0.1, -0.05) is 12.1 Å². The third-order valence-corrected chi connectivity index (χ3v) is 3.31. The van der Waals surface area contributed by atoms with Crippen molar-refractivity contribution in [1.82, 2.24) is 0 Å². The Morgan fingerprint density at radius 1 is 1.00 bits per heavy atom. The van der Waals surface area contributed by atoms with Gasteiger partial charge in [0.25, 0.3) is 0 Å². The standard InChI is InChI=1S/C19H23NO3/c1-14(2)23-18-11-7-16(8-12-18)20-19(21)13-6-15-4-9-17(22-3)10-5-15/h4-5,7-12,14H,6,13H2,1-3H3,(H,20,21). The Balaban J connectivity index is 1.81. The molecule has 0 aromatic heterocycles. The summed E-state index contributed by atoms with van der Waals surface area (Å²) in [6, 6.07) is 15.2. The minimum atomic E-state index is -0.00153. The smallest absolute Gasteiger partial charge is 0.224 e. The van der Waals surface area contributed by atoms with E-state index in [1.807, 2.05) is 62.4 Å². The van der Waals surface area contributed by atoms with Crippen molar-refractivity contribution in [3.8, 4) is 11.5 Å². The van der Waals surface area contributed by atoms with E-state index in [9.17, 15) is 4.79 Å². The van der Waals surface area contributed by atoms with Crippen LogP contribution in [0.4, 0.5) is 5.69 Å². The van der Waals surface area contributed by atoms with E-state index >= 15 is 0 Å². The first-order valence-corrected chi connectivity index (χ1v) is 7.76. The van der Waals surface area contributed by atoms with E-state index < -0.39 is 0 Å². The number of methoxy groups -OCH3 is 1. The number of carbonyl (C=O) groups is 1. The van der Waals surface area contributed by atoms with Crippen molar-refractivity contribution in [2.24, 2.45) is 0 Å². The van der Waals surface area contributed by atoms with Crippen molar-refractivity contribution >= 4 is 11.6 Å². The van der Waals surface area contributed by atoms with E-state index in [1.54, 1.807) is 7.11 Å². The highest BCUT2D eigenvalue weighted by atomic mass is 16.5. The number of hydrogen-bond donors (Lipinski definition) is 1. The van der Waals surface area contributed by atoms with Crippen LogP contribution in [0.25, 0.3) is 0 Å². The molecular formula is C19H23NO3. The third-order valence-electron chi connectivity index (χ3n) is 3.31. The zero-order chi connectivity index (χ0) is 16.7. The highest BCUT2D eigenvalue weighted by molar-refractivity contribution is 5.90. The fourth-order valence-electron chi connectivity index (χ4n) is 2.16. The SMILES string of the molecule is COc1ccc(CCC(=O)Nc2ccc(OC(C)C)cc2)cc1. The largest absolute Gasteiger partial charge is 0.497 e. The molecule has 2 rings (SSSR count). The minimum Gasteiger partial charge on any atom is -0.497 e. The summed E-state index contributed by atoms with van der Waals surface area (Å²) in [6.45, 7) is 3.96. The minimum absolute atomic E-state index is 0.00153. The first kappa shape index (κ1) is 16.9. The molecule has 0 radical (unpaired) electrons. The predicted octanol–water partition coefficient (Wildman–Crippen LogP) is 4.05. The number of carbonyl (C=O) groups excluding carboxylic acids is 1. The van der Waals surface area contributed by atoms with E-state index in [1.165, 1.54) is 0 Å². The highest BCUT2D eigenvalue weighted by Crippen LogP contribution is 2.17. The zero-order valence-corrected chi connectivity index (χ0v) is 13.8. The molecule has 4 nitrogen and oxygen atoms in total. The molecule has 0 unspecified atom stereocenters. The highest BCUT2D eigenvalue weighted by Gasteiger charge is 2.04. The molecule has 0 aliphatic carbocycles. The Labute approximate surface area is 137 Å². The molecular weight excluding hydrogens is 290 g/mol. The van der Waals surface area contributed by atoms with Gasteiger partial charge in [0.1, 0.15) is 11.5 Å². The number of nitrogens with one attached hydrogen (secondary N) is 1. The van der Waals surface area contributed by atoms with Crippen LogP contribution in [-0.4, -0.2) is 19.1 Å². The van der Waals surface area contributed by atoms with E-state index in [4.69, 9.17) is 9.47 Å². The number of amides is 1. The van der Waals surface area contributed by atoms with E-state index in [2.05, 4.69) is 5.32 Å². The van der Waals surface area contributed by atoms with Gasteiger partial charge in [0.15, 0.2) is 0 Å². The van der Waals surface area contributed by atoms with Crippen LogP contribution in [-0.2, 0) is 11.2 Å². The molecule has 0 saturated carbocycles. The van der Waals surface area contributed by atoms with Crippen LogP contribution in [0.1, 0.15) is 25.8 Å². The summed E-state index contributed by atoms with van der Waals surface area (Å²) in [4.78, 5) is 12.0. The lowest BCUT2D eigenvalue weighted by Gasteiger charge is -2.10. The second kappa shape index (κ2) is 8.22. The molecule has 0 bridgehead atoms. The van der Waals surface area contributed by atoms with Crippen LogP contribution in [0.2, 0.25) is 0 Å². The molecule has 0 aliphatic rings. The van der Waals surface area contributed by atoms with Gasteiger partial charge in [-0.05, 0) is 62.2 Å². The molecule has 1 amide bonds. The molecule has 0 fully saturated rings. The molecule has 0 saturated heterocycles. The molecule has 0 spiro atoms.